The second-order valence-electron chi connectivity index (χ2n) is 5.56. The monoisotopic (exact) mass is 329 g/mol. The minimum absolute atomic E-state index is 0.0125. The molecule has 0 atom stereocenters. The number of hydrogen-bond acceptors (Lipinski definition) is 3. The van der Waals surface area contributed by atoms with E-state index in [9.17, 15) is 13.2 Å². The Kier molecular flexibility index (Phi) is 4.94. The Morgan fingerprint density at radius 3 is 2.48 bits per heavy atom. The molecule has 1 amide bonds. The second kappa shape index (κ2) is 6.36. The first kappa shape index (κ1) is 16.3. The molecule has 1 fully saturated rings. The van der Waals surface area contributed by atoms with Gasteiger partial charge in [-0.3, -0.25) is 4.79 Å². The summed E-state index contributed by atoms with van der Waals surface area (Å²) in [5.41, 5.74) is 0.931. The molecular weight excluding hydrogens is 310 g/mol. The first-order valence-corrected chi connectivity index (χ1v) is 9.48. The van der Waals surface area contributed by atoms with Crippen molar-refractivity contribution in [3.63, 3.8) is 0 Å². The highest BCUT2D eigenvalue weighted by Gasteiger charge is 2.24. The molecule has 1 aromatic rings. The van der Waals surface area contributed by atoms with Gasteiger partial charge in [0.1, 0.15) is 0 Å². The van der Waals surface area contributed by atoms with E-state index in [-0.39, 0.29) is 10.8 Å². The fourth-order valence-electron chi connectivity index (χ4n) is 2.72. The number of likely N-dealkylation sites (tertiary alicyclic amines) is 1. The summed E-state index contributed by atoms with van der Waals surface area (Å²) in [6, 6.07) is 4.67. The summed E-state index contributed by atoms with van der Waals surface area (Å²) in [6.45, 7) is 5.29. The maximum atomic E-state index is 12.5. The van der Waals surface area contributed by atoms with Crippen molar-refractivity contribution in [1.82, 2.24) is 4.90 Å². The predicted molar refractivity (Wildman–Crippen MR) is 83.1 cm³/mol. The molecular formula is C15H20ClNO3S. The topological polar surface area (TPSA) is 54.5 Å². The highest BCUT2D eigenvalue weighted by Crippen LogP contribution is 2.24. The lowest BCUT2D eigenvalue weighted by atomic mass is 9.94. The van der Waals surface area contributed by atoms with Crippen LogP contribution in [-0.2, 0) is 9.05 Å². The van der Waals surface area contributed by atoms with Crippen molar-refractivity contribution in [2.45, 2.75) is 38.0 Å². The number of amides is 1. The molecule has 0 bridgehead atoms. The summed E-state index contributed by atoms with van der Waals surface area (Å²) in [4.78, 5) is 14.3. The molecule has 21 heavy (non-hydrogen) atoms. The minimum Gasteiger partial charge on any atom is -0.339 e. The van der Waals surface area contributed by atoms with Gasteiger partial charge in [-0.2, -0.15) is 0 Å². The van der Waals surface area contributed by atoms with Gasteiger partial charge in [-0.15, -0.1) is 0 Å². The Morgan fingerprint density at radius 1 is 1.33 bits per heavy atom. The smallest absolute Gasteiger partial charge is 0.261 e. The van der Waals surface area contributed by atoms with Crippen LogP contribution >= 0.6 is 10.7 Å². The minimum atomic E-state index is -3.83. The lowest BCUT2D eigenvalue weighted by molar-refractivity contribution is 0.0688. The van der Waals surface area contributed by atoms with Gasteiger partial charge in [-0.25, -0.2) is 8.42 Å². The summed E-state index contributed by atoms with van der Waals surface area (Å²) in [5, 5.41) is 0. The molecule has 0 radical (unpaired) electrons. The van der Waals surface area contributed by atoms with Gasteiger partial charge in [-0.1, -0.05) is 19.4 Å². The molecule has 0 spiro atoms. The predicted octanol–water partition coefficient (Wildman–Crippen LogP) is 3.18. The number of benzene rings is 1. The van der Waals surface area contributed by atoms with Crippen molar-refractivity contribution in [1.29, 1.82) is 0 Å². The molecule has 1 aromatic carbocycles. The van der Waals surface area contributed by atoms with E-state index in [4.69, 9.17) is 10.7 Å². The van der Waals surface area contributed by atoms with Gasteiger partial charge in [0.25, 0.3) is 15.0 Å². The molecule has 0 unspecified atom stereocenters. The largest absolute Gasteiger partial charge is 0.339 e. The van der Waals surface area contributed by atoms with Gasteiger partial charge in [0.15, 0.2) is 0 Å². The van der Waals surface area contributed by atoms with E-state index >= 15 is 0 Å². The van der Waals surface area contributed by atoms with Crippen LogP contribution in [0.5, 0.6) is 0 Å². The van der Waals surface area contributed by atoms with Crippen LogP contribution in [-0.4, -0.2) is 32.3 Å². The molecule has 2 rings (SSSR count). The lowest BCUT2D eigenvalue weighted by Gasteiger charge is -2.31. The normalized spacial score (nSPS) is 17.0. The summed E-state index contributed by atoms with van der Waals surface area (Å²) in [5.74, 6) is 0.567. The SMILES string of the molecule is CCC1CCN(C(=O)c2ccc(C)c(S(=O)(=O)Cl)c2)CC1. The van der Waals surface area contributed by atoms with Crippen LogP contribution in [0.15, 0.2) is 23.1 Å². The number of halogens is 1. The zero-order chi connectivity index (χ0) is 15.6. The van der Waals surface area contributed by atoms with Crippen LogP contribution in [0.3, 0.4) is 0 Å². The molecule has 116 valence electrons. The average molecular weight is 330 g/mol. The molecule has 1 aliphatic heterocycles. The van der Waals surface area contributed by atoms with Gasteiger partial charge in [0.2, 0.25) is 0 Å². The third-order valence-electron chi connectivity index (χ3n) is 4.18. The van der Waals surface area contributed by atoms with Crippen LogP contribution in [0.2, 0.25) is 0 Å². The highest BCUT2D eigenvalue weighted by molar-refractivity contribution is 8.13. The number of rotatable bonds is 3. The number of carbonyl (C=O) groups excluding carboxylic acids is 1. The number of aryl methyl sites for hydroxylation is 1. The number of nitrogens with zero attached hydrogens (tertiary/aromatic N) is 1. The van der Waals surface area contributed by atoms with Crippen LogP contribution in [0.1, 0.15) is 42.1 Å². The van der Waals surface area contributed by atoms with Crippen molar-refractivity contribution >= 4 is 25.6 Å². The van der Waals surface area contributed by atoms with Crippen LogP contribution in [0.25, 0.3) is 0 Å². The third kappa shape index (κ3) is 3.77. The zero-order valence-corrected chi connectivity index (χ0v) is 13.9. The van der Waals surface area contributed by atoms with Crippen LogP contribution in [0.4, 0.5) is 0 Å². The van der Waals surface area contributed by atoms with E-state index in [1.54, 1.807) is 24.0 Å². The van der Waals surface area contributed by atoms with E-state index in [1.807, 2.05) is 0 Å². The van der Waals surface area contributed by atoms with Gasteiger partial charge in [0.05, 0.1) is 4.90 Å². The molecule has 1 heterocycles. The van der Waals surface area contributed by atoms with Crippen molar-refractivity contribution < 1.29 is 13.2 Å². The van der Waals surface area contributed by atoms with E-state index in [0.29, 0.717) is 17.0 Å². The number of carbonyl (C=O) groups is 1. The first-order chi connectivity index (χ1) is 9.82. The highest BCUT2D eigenvalue weighted by atomic mass is 35.7. The van der Waals surface area contributed by atoms with Crippen molar-refractivity contribution in [3.8, 4) is 0 Å². The summed E-state index contributed by atoms with van der Waals surface area (Å²) < 4.78 is 23.1. The Bertz CT molecular complexity index is 634. The summed E-state index contributed by atoms with van der Waals surface area (Å²) in [7, 11) is 1.58. The standard InChI is InChI=1S/C15H20ClNO3S/c1-3-12-6-8-17(9-7-12)15(18)13-5-4-11(2)14(10-13)21(16,19)20/h4-5,10,12H,3,6-9H2,1-2H3. The molecule has 0 aliphatic carbocycles. The summed E-state index contributed by atoms with van der Waals surface area (Å²) >= 11 is 0. The zero-order valence-electron chi connectivity index (χ0n) is 12.3. The van der Waals surface area contributed by atoms with E-state index in [2.05, 4.69) is 6.92 Å². The Balaban J connectivity index is 2.21. The Morgan fingerprint density at radius 2 is 1.95 bits per heavy atom. The second-order valence-corrected chi connectivity index (χ2v) is 8.10. The average Bonchev–Trinajstić information content (AvgIpc) is 2.46. The van der Waals surface area contributed by atoms with Gasteiger partial charge < -0.3 is 4.90 Å². The van der Waals surface area contributed by atoms with E-state index < -0.39 is 9.05 Å². The van der Waals surface area contributed by atoms with Gasteiger partial charge in [0, 0.05) is 29.3 Å². The van der Waals surface area contributed by atoms with Crippen LogP contribution < -0.4 is 0 Å². The van der Waals surface area contributed by atoms with Gasteiger partial charge in [-0.05, 0) is 43.4 Å². The molecule has 1 saturated heterocycles. The van der Waals surface area contributed by atoms with Crippen molar-refractivity contribution in [2.24, 2.45) is 5.92 Å². The fourth-order valence-corrected chi connectivity index (χ4v) is 3.94. The molecule has 0 saturated carbocycles. The van der Waals surface area contributed by atoms with Gasteiger partial charge >= 0.3 is 0 Å². The van der Waals surface area contributed by atoms with Crippen molar-refractivity contribution in [3.05, 3.63) is 29.3 Å². The maximum absolute atomic E-state index is 12.5. The van der Waals surface area contributed by atoms with Crippen LogP contribution in [0, 0.1) is 12.8 Å². The summed E-state index contributed by atoms with van der Waals surface area (Å²) in [6.07, 6.45) is 3.16. The molecule has 0 aromatic heterocycles. The lowest BCUT2D eigenvalue weighted by Crippen LogP contribution is -2.38. The maximum Gasteiger partial charge on any atom is 0.261 e. The number of piperidine rings is 1. The quantitative estimate of drug-likeness (QED) is 0.800. The Labute approximate surface area is 130 Å². The first-order valence-electron chi connectivity index (χ1n) is 7.17. The molecule has 1 aliphatic rings. The molecule has 6 heteroatoms. The number of hydrogen-bond donors (Lipinski definition) is 0. The Hall–Kier alpha value is -1.07. The molecule has 0 N–H and O–H groups in total. The fraction of sp³-hybridized carbons (Fsp3) is 0.533. The van der Waals surface area contributed by atoms with E-state index in [0.717, 1.165) is 32.4 Å². The van der Waals surface area contributed by atoms with E-state index in [1.165, 1.54) is 6.07 Å². The third-order valence-corrected chi connectivity index (χ3v) is 5.64. The molecule has 4 nitrogen and oxygen atoms in total. The van der Waals surface area contributed by atoms with Crippen molar-refractivity contribution in [2.75, 3.05) is 13.1 Å².